The van der Waals surface area contributed by atoms with Crippen molar-refractivity contribution in [3.63, 3.8) is 0 Å². The van der Waals surface area contributed by atoms with Crippen LogP contribution < -0.4 is 5.32 Å². The second-order valence-electron chi connectivity index (χ2n) is 7.33. The van der Waals surface area contributed by atoms with Crippen LogP contribution in [-0.2, 0) is 6.42 Å². The molecule has 0 radical (unpaired) electrons. The molecule has 0 atom stereocenters. The van der Waals surface area contributed by atoms with E-state index in [1.54, 1.807) is 6.20 Å². The van der Waals surface area contributed by atoms with Crippen LogP contribution in [0.2, 0.25) is 0 Å². The molecule has 1 aromatic heterocycles. The summed E-state index contributed by atoms with van der Waals surface area (Å²) in [6.07, 6.45) is 9.85. The minimum Gasteiger partial charge on any atom is -0.351 e. The van der Waals surface area contributed by atoms with Crippen LogP contribution in [0.25, 0.3) is 11.3 Å². The summed E-state index contributed by atoms with van der Waals surface area (Å²) in [5, 5.41) is 3.48. The van der Waals surface area contributed by atoms with Crippen LogP contribution in [0.4, 0.5) is 5.95 Å². The summed E-state index contributed by atoms with van der Waals surface area (Å²) in [5.74, 6) is 0.698. The quantitative estimate of drug-likeness (QED) is 0.768. The molecule has 1 saturated carbocycles. The van der Waals surface area contributed by atoms with Gasteiger partial charge in [-0.2, -0.15) is 0 Å². The first-order valence-electron chi connectivity index (χ1n) is 9.48. The van der Waals surface area contributed by atoms with Crippen molar-refractivity contribution in [2.75, 3.05) is 26.0 Å². The van der Waals surface area contributed by atoms with E-state index in [0.29, 0.717) is 12.0 Å². The molecule has 0 saturated heterocycles. The van der Waals surface area contributed by atoms with Crippen LogP contribution in [0.15, 0.2) is 30.5 Å². The average Bonchev–Trinajstić information content (AvgIpc) is 2.67. The molecule has 0 amide bonds. The third kappa shape index (κ3) is 4.88. The molecule has 1 aromatic carbocycles. The summed E-state index contributed by atoms with van der Waals surface area (Å²) in [6, 6.07) is 8.35. The van der Waals surface area contributed by atoms with Crippen LogP contribution in [-0.4, -0.2) is 47.8 Å². The highest BCUT2D eigenvalue weighted by Crippen LogP contribution is 2.24. The Morgan fingerprint density at radius 1 is 1.19 bits per heavy atom. The number of aldehydes is 1. The Morgan fingerprint density at radius 3 is 2.73 bits per heavy atom. The molecule has 1 fully saturated rings. The van der Waals surface area contributed by atoms with E-state index >= 15 is 0 Å². The van der Waals surface area contributed by atoms with Gasteiger partial charge in [0, 0.05) is 29.9 Å². The monoisotopic (exact) mass is 352 g/mol. The highest BCUT2D eigenvalue weighted by Gasteiger charge is 2.14. The molecule has 3 rings (SSSR count). The van der Waals surface area contributed by atoms with Gasteiger partial charge in [-0.1, -0.05) is 31.4 Å². The summed E-state index contributed by atoms with van der Waals surface area (Å²) < 4.78 is 0. The Morgan fingerprint density at radius 2 is 2.00 bits per heavy atom. The Balaban J connectivity index is 1.80. The standard InChI is InChI=1S/C21H28N4O/c1-25(2)13-11-16-14-17(8-9-18(16)15-26)20-10-12-22-21(24-20)23-19-6-4-3-5-7-19/h8-10,12,14-15,19H,3-7,11,13H2,1-2H3,(H,22,23,24). The van der Waals surface area contributed by atoms with E-state index in [0.717, 1.165) is 41.6 Å². The zero-order valence-corrected chi connectivity index (χ0v) is 15.7. The molecule has 0 spiro atoms. The SMILES string of the molecule is CN(C)CCc1cc(-c2ccnc(NC3CCCCC3)n2)ccc1C=O. The number of hydrogen-bond donors (Lipinski definition) is 1. The summed E-state index contributed by atoms with van der Waals surface area (Å²) >= 11 is 0. The fourth-order valence-corrected chi connectivity index (χ4v) is 3.46. The molecule has 1 heterocycles. The van der Waals surface area contributed by atoms with Gasteiger partial charge in [-0.25, -0.2) is 9.97 Å². The number of carbonyl (C=O) groups excluding carboxylic acids is 1. The molecule has 1 aliphatic carbocycles. The van der Waals surface area contributed by atoms with Crippen molar-refractivity contribution in [3.8, 4) is 11.3 Å². The molecule has 5 nitrogen and oxygen atoms in total. The normalized spacial score (nSPS) is 15.2. The average molecular weight is 352 g/mol. The number of likely N-dealkylation sites (N-methyl/N-ethyl adjacent to an activating group) is 1. The highest BCUT2D eigenvalue weighted by atomic mass is 16.1. The van der Waals surface area contributed by atoms with Gasteiger partial charge in [-0.15, -0.1) is 0 Å². The van der Waals surface area contributed by atoms with Crippen molar-refractivity contribution in [1.29, 1.82) is 0 Å². The summed E-state index contributed by atoms with van der Waals surface area (Å²) in [7, 11) is 4.08. The van der Waals surface area contributed by atoms with E-state index in [1.165, 1.54) is 32.1 Å². The molecule has 1 N–H and O–H groups in total. The first-order valence-corrected chi connectivity index (χ1v) is 9.48. The number of rotatable bonds is 7. The molecule has 0 unspecified atom stereocenters. The van der Waals surface area contributed by atoms with Crippen molar-refractivity contribution < 1.29 is 4.79 Å². The van der Waals surface area contributed by atoms with Gasteiger partial charge in [0.15, 0.2) is 0 Å². The lowest BCUT2D eigenvalue weighted by Crippen LogP contribution is -2.23. The van der Waals surface area contributed by atoms with Crippen LogP contribution >= 0.6 is 0 Å². The summed E-state index contributed by atoms with van der Waals surface area (Å²) in [4.78, 5) is 22.6. The van der Waals surface area contributed by atoms with Gasteiger partial charge in [0.1, 0.15) is 6.29 Å². The fraction of sp³-hybridized carbons (Fsp3) is 0.476. The smallest absolute Gasteiger partial charge is 0.223 e. The maximum absolute atomic E-state index is 11.3. The fourth-order valence-electron chi connectivity index (χ4n) is 3.46. The van der Waals surface area contributed by atoms with Gasteiger partial charge in [-0.05, 0) is 51.1 Å². The number of anilines is 1. The Kier molecular flexibility index (Phi) is 6.34. The second kappa shape index (κ2) is 8.90. The van der Waals surface area contributed by atoms with E-state index in [4.69, 9.17) is 4.98 Å². The van der Waals surface area contributed by atoms with Crippen molar-refractivity contribution in [2.45, 2.75) is 44.6 Å². The van der Waals surface area contributed by atoms with Crippen molar-refractivity contribution >= 4 is 12.2 Å². The lowest BCUT2D eigenvalue weighted by Gasteiger charge is -2.22. The number of aromatic nitrogens is 2. The van der Waals surface area contributed by atoms with E-state index in [1.807, 2.05) is 32.3 Å². The van der Waals surface area contributed by atoms with Crippen molar-refractivity contribution in [1.82, 2.24) is 14.9 Å². The van der Waals surface area contributed by atoms with Crippen molar-refractivity contribution in [2.24, 2.45) is 0 Å². The third-order valence-corrected chi connectivity index (χ3v) is 4.99. The first-order chi connectivity index (χ1) is 12.7. The lowest BCUT2D eigenvalue weighted by atomic mass is 9.96. The maximum atomic E-state index is 11.3. The zero-order chi connectivity index (χ0) is 18.4. The molecule has 0 bridgehead atoms. The van der Waals surface area contributed by atoms with E-state index in [2.05, 4.69) is 21.3 Å². The lowest BCUT2D eigenvalue weighted by molar-refractivity contribution is 0.112. The van der Waals surface area contributed by atoms with Crippen LogP contribution in [0.1, 0.15) is 48.0 Å². The minimum absolute atomic E-state index is 0.479. The molecular weight excluding hydrogens is 324 g/mol. The predicted octanol–water partition coefficient (Wildman–Crippen LogP) is 3.80. The van der Waals surface area contributed by atoms with E-state index in [-0.39, 0.29) is 0 Å². The van der Waals surface area contributed by atoms with E-state index in [9.17, 15) is 4.79 Å². The summed E-state index contributed by atoms with van der Waals surface area (Å²) in [5.41, 5.74) is 3.73. The topological polar surface area (TPSA) is 58.1 Å². The molecule has 2 aromatic rings. The number of nitrogens with zero attached hydrogens (tertiary/aromatic N) is 3. The van der Waals surface area contributed by atoms with E-state index < -0.39 is 0 Å². The largest absolute Gasteiger partial charge is 0.351 e. The van der Waals surface area contributed by atoms with Gasteiger partial charge >= 0.3 is 0 Å². The maximum Gasteiger partial charge on any atom is 0.223 e. The Labute approximate surface area is 155 Å². The molecule has 26 heavy (non-hydrogen) atoms. The van der Waals surface area contributed by atoms with Crippen molar-refractivity contribution in [3.05, 3.63) is 41.6 Å². The van der Waals surface area contributed by atoms with Gasteiger partial charge in [0.05, 0.1) is 5.69 Å². The Bertz CT molecular complexity index is 739. The van der Waals surface area contributed by atoms with Gasteiger partial charge in [0.2, 0.25) is 5.95 Å². The van der Waals surface area contributed by atoms with Crippen LogP contribution in [0.5, 0.6) is 0 Å². The molecule has 138 valence electrons. The molecule has 5 heteroatoms. The minimum atomic E-state index is 0.479. The van der Waals surface area contributed by atoms with Gasteiger partial charge in [-0.3, -0.25) is 4.79 Å². The molecule has 1 aliphatic rings. The molecule has 0 aliphatic heterocycles. The molecular formula is C21H28N4O. The summed E-state index contributed by atoms with van der Waals surface area (Å²) in [6.45, 7) is 0.905. The zero-order valence-electron chi connectivity index (χ0n) is 15.7. The number of nitrogens with one attached hydrogen (secondary N) is 1. The van der Waals surface area contributed by atoms with Gasteiger partial charge in [0.25, 0.3) is 0 Å². The van der Waals surface area contributed by atoms with Crippen LogP contribution in [0, 0.1) is 0 Å². The predicted molar refractivity (Wildman–Crippen MR) is 106 cm³/mol. The van der Waals surface area contributed by atoms with Gasteiger partial charge < -0.3 is 10.2 Å². The number of benzene rings is 1. The first kappa shape index (κ1) is 18.5. The highest BCUT2D eigenvalue weighted by molar-refractivity contribution is 5.79. The Hall–Kier alpha value is -2.27. The second-order valence-corrected chi connectivity index (χ2v) is 7.33. The number of hydrogen-bond acceptors (Lipinski definition) is 5. The van der Waals surface area contributed by atoms with Crippen LogP contribution in [0.3, 0.4) is 0 Å². The number of carbonyl (C=O) groups is 1. The third-order valence-electron chi connectivity index (χ3n) is 4.99.